The number of halogens is 2. The fraction of sp³-hybridized carbons (Fsp3) is 0.667. The Bertz CT molecular complexity index is 61.3. The normalized spacial score (nSPS) is 4.80. The largest absolute Gasteiger partial charge is 0 e. The second kappa shape index (κ2) is 74.6. The molecule has 89 valence electrons. The van der Waals surface area contributed by atoms with Gasteiger partial charge < -0.3 is 11.8 Å². The molecule has 0 unspecified atom stereocenters. The minimum atomic E-state index is -0.931. The van der Waals surface area contributed by atoms with Crippen LogP contribution in [0.1, 0.15) is 39.5 Å². The molecule has 0 saturated heterocycles. The second-order valence-electron chi connectivity index (χ2n) is 1.81. The zero-order valence-electron chi connectivity index (χ0n) is 9.66. The van der Waals surface area contributed by atoms with Crippen LogP contribution in [-0.4, -0.2) is 0 Å². The third-order valence-corrected chi connectivity index (χ3v) is 0.707. The maximum absolute atomic E-state index is 6.25. The van der Waals surface area contributed by atoms with Crippen molar-refractivity contribution in [1.29, 1.82) is 5.26 Å². The first-order chi connectivity index (χ1) is 6.24. The number of hydrogen-bond donors (Lipinski definition) is 0. The summed E-state index contributed by atoms with van der Waals surface area (Å²) in [6, 6.07) is 0. The van der Waals surface area contributed by atoms with Gasteiger partial charge in [0.15, 0.2) is 0 Å². The molecule has 0 bridgehead atoms. The van der Waals surface area contributed by atoms with E-state index in [0.29, 0.717) is 0 Å². The van der Waals surface area contributed by atoms with E-state index < -0.39 is 15.1 Å². The molecule has 0 saturated carbocycles. The number of nitrogens with zero attached hydrogens (tertiary/aromatic N) is 1. The molecule has 0 N–H and O–H groups in total. The molecule has 15 heavy (non-hydrogen) atoms. The van der Waals surface area contributed by atoms with Gasteiger partial charge in [0.1, 0.15) is 0 Å². The fourth-order valence-corrected chi connectivity index (χ4v) is 0. The van der Waals surface area contributed by atoms with E-state index >= 15 is 0 Å². The molecule has 0 aliphatic carbocycles. The topological polar surface area (TPSA) is 23.8 Å². The van der Waals surface area contributed by atoms with Crippen LogP contribution in [-0.2, 0) is 51.7 Å². The maximum atomic E-state index is 6.25. The van der Waals surface area contributed by atoms with Crippen LogP contribution in [0.5, 0.6) is 0 Å². The molecule has 0 fully saturated rings. The van der Waals surface area contributed by atoms with E-state index in [1.165, 1.54) is 12.8 Å². The Balaban J connectivity index is -0.0000000178. The van der Waals surface area contributed by atoms with Gasteiger partial charge in [-0.3, -0.25) is 0 Å². The van der Waals surface area contributed by atoms with Crippen molar-refractivity contribution in [3.8, 4) is 0 Å². The number of rotatable bonds is 2. The van der Waals surface area contributed by atoms with Crippen molar-refractivity contribution in [1.82, 2.24) is 0 Å². The van der Waals surface area contributed by atoms with Crippen LogP contribution in [0.15, 0.2) is 0 Å². The molecule has 6 heteroatoms. The van der Waals surface area contributed by atoms with Crippen LogP contribution in [0.4, 0.5) is 0 Å². The van der Waals surface area contributed by atoms with E-state index in [0.717, 1.165) is 12.8 Å². The number of hydrogen-bond acceptors (Lipinski definition) is 1. The van der Waals surface area contributed by atoms with Crippen LogP contribution >= 0.6 is 19.4 Å². The van der Waals surface area contributed by atoms with E-state index in [9.17, 15) is 0 Å². The molecule has 0 aromatic rings. The number of unbranched alkanes of at least 4 members (excludes halogenated alkanes) is 2. The Kier molecular flexibility index (Phi) is 179. The summed E-state index contributed by atoms with van der Waals surface area (Å²) in [5.41, 5.74) is 0. The van der Waals surface area contributed by atoms with Crippen LogP contribution in [0.2, 0.25) is 0 Å². The standard InChI is InChI=1S/2C4H9.CN.2ClH.Cu.2Zn/c2*1-3-4-2;1-2;;;;;/h2*1,3-4H2,2H3;;2*1H;;;/q;;-1;;;;;+2/p-2. The summed E-state index contributed by atoms with van der Waals surface area (Å²) in [5, 5.41) is 6.25. The van der Waals surface area contributed by atoms with Crippen LogP contribution in [0.3, 0.4) is 0 Å². The van der Waals surface area contributed by atoms with Gasteiger partial charge in [-0.25, -0.2) is 0 Å². The Morgan fingerprint density at radius 1 is 1.07 bits per heavy atom. The third-order valence-electron chi connectivity index (χ3n) is 0.707. The minimum absolute atomic E-state index is 0. The first-order valence-corrected chi connectivity index (χ1v) is 12.0. The molecule has 0 amide bonds. The van der Waals surface area contributed by atoms with Crippen molar-refractivity contribution >= 4 is 19.4 Å². The van der Waals surface area contributed by atoms with E-state index in [-0.39, 0.29) is 36.5 Å². The molecule has 0 spiro atoms. The summed E-state index contributed by atoms with van der Waals surface area (Å²) in [7, 11) is 9.90. The zero-order chi connectivity index (χ0) is 11.5. The quantitative estimate of drug-likeness (QED) is 0.482. The van der Waals surface area contributed by atoms with Gasteiger partial charge in [0, 0.05) is 36.5 Å². The summed E-state index contributed by atoms with van der Waals surface area (Å²) >= 11 is -0.931. The van der Waals surface area contributed by atoms with Gasteiger partial charge >= 0.3 is 34.5 Å². The zero-order valence-corrected chi connectivity index (χ0v) is 18.0. The Hall–Kier alpha value is 1.84. The molecular formula is C9H18Cl2CuNZn2-. The summed E-state index contributed by atoms with van der Waals surface area (Å²) in [6.07, 6.45) is 4.56. The Labute approximate surface area is 135 Å². The Morgan fingerprint density at radius 3 is 1.13 bits per heavy atom. The molecule has 3 radical (unpaired) electrons. The molecule has 0 aromatic carbocycles. The van der Waals surface area contributed by atoms with Crippen molar-refractivity contribution in [2.45, 2.75) is 39.5 Å². The first kappa shape index (κ1) is 36.0. The first-order valence-electron chi connectivity index (χ1n) is 4.17. The van der Waals surface area contributed by atoms with Crippen LogP contribution in [0.25, 0.3) is 0 Å². The van der Waals surface area contributed by atoms with Gasteiger partial charge in [-0.05, 0) is 0 Å². The molecule has 1 nitrogen and oxygen atoms in total. The molecule has 0 rings (SSSR count). The minimum Gasteiger partial charge on any atom is 0 e. The predicted octanol–water partition coefficient (Wildman–Crippen LogP) is 4.71. The molecule has 0 atom stereocenters. The second-order valence-corrected chi connectivity index (χ2v) is 6.43. The summed E-state index contributed by atoms with van der Waals surface area (Å²) in [5.74, 6) is 0. The predicted molar refractivity (Wildman–Crippen MR) is 57.2 cm³/mol. The SMILES string of the molecule is [C-]#N.[CH2]CCC.[CH2]CCC.[Cl][Zn][Cl].[Cu].[Zn]. The van der Waals surface area contributed by atoms with Gasteiger partial charge in [0.2, 0.25) is 0 Å². The van der Waals surface area contributed by atoms with Gasteiger partial charge in [-0.15, -0.1) is 0 Å². The van der Waals surface area contributed by atoms with Crippen molar-refractivity contribution in [3.05, 3.63) is 20.4 Å². The van der Waals surface area contributed by atoms with Crippen molar-refractivity contribution in [2.24, 2.45) is 0 Å². The molecule has 0 aromatic heterocycles. The van der Waals surface area contributed by atoms with Crippen LogP contribution < -0.4 is 0 Å². The average molecular weight is 405 g/mol. The summed E-state index contributed by atoms with van der Waals surface area (Å²) in [4.78, 5) is 0. The smallest absolute Gasteiger partial charge is 0 e. The van der Waals surface area contributed by atoms with E-state index in [2.05, 4.69) is 27.7 Å². The van der Waals surface area contributed by atoms with E-state index in [1.807, 2.05) is 0 Å². The molecule has 0 heterocycles. The maximum Gasteiger partial charge on any atom is 0 e. The molecular weight excluding hydrogens is 387 g/mol. The summed E-state index contributed by atoms with van der Waals surface area (Å²) < 4.78 is 0. The third kappa shape index (κ3) is 206. The van der Waals surface area contributed by atoms with Gasteiger partial charge in [0.25, 0.3) is 0 Å². The summed E-state index contributed by atoms with van der Waals surface area (Å²) in [6.45, 7) is 16.2. The van der Waals surface area contributed by atoms with Gasteiger partial charge in [-0.1, -0.05) is 53.4 Å². The monoisotopic (exact) mass is 401 g/mol. The van der Waals surface area contributed by atoms with Crippen molar-refractivity contribution in [2.75, 3.05) is 0 Å². The average Bonchev–Trinajstić information content (AvgIpc) is 2.22. The van der Waals surface area contributed by atoms with Crippen molar-refractivity contribution in [3.63, 3.8) is 0 Å². The van der Waals surface area contributed by atoms with E-state index in [1.54, 1.807) is 0 Å². The Morgan fingerprint density at radius 2 is 1.13 bits per heavy atom. The van der Waals surface area contributed by atoms with Crippen molar-refractivity contribution < 1.29 is 51.7 Å². The van der Waals surface area contributed by atoms with Crippen LogP contribution in [0, 0.1) is 25.7 Å². The molecule has 0 aliphatic rings. The van der Waals surface area contributed by atoms with Gasteiger partial charge in [-0.2, -0.15) is 0 Å². The van der Waals surface area contributed by atoms with Gasteiger partial charge in [0.05, 0.1) is 0 Å². The van der Waals surface area contributed by atoms with E-state index in [4.69, 9.17) is 31.2 Å². The fourth-order valence-electron chi connectivity index (χ4n) is 0. The molecule has 0 aliphatic heterocycles.